The van der Waals surface area contributed by atoms with Crippen molar-refractivity contribution in [1.82, 2.24) is 15.1 Å². The second-order valence-corrected chi connectivity index (χ2v) is 9.73. The van der Waals surface area contributed by atoms with Crippen LogP contribution in [0.2, 0.25) is 0 Å². The highest BCUT2D eigenvalue weighted by atomic mass is 32.1. The average Bonchev–Trinajstić information content (AvgIpc) is 3.54. The van der Waals surface area contributed by atoms with Gasteiger partial charge < -0.3 is 10.1 Å². The topological polar surface area (TPSA) is 76.5 Å². The number of benzene rings is 2. The first-order valence-corrected chi connectivity index (χ1v) is 12.2. The molecule has 0 spiro atoms. The zero-order valence-electron chi connectivity index (χ0n) is 19.8. The minimum absolute atomic E-state index is 0.238. The molecule has 0 aliphatic carbocycles. The normalized spacial score (nSPS) is 17.2. The summed E-state index contributed by atoms with van der Waals surface area (Å²) in [6.07, 6.45) is 0. The molecule has 178 valence electrons. The van der Waals surface area contributed by atoms with Crippen LogP contribution in [-0.4, -0.2) is 34.2 Å². The Morgan fingerprint density at radius 3 is 2.60 bits per heavy atom. The average molecular weight is 487 g/mol. The fourth-order valence-corrected chi connectivity index (χ4v) is 5.12. The number of para-hydroxylation sites is 1. The number of carbonyl (C=O) groups excluding carboxylic acids is 2. The van der Waals surface area contributed by atoms with Gasteiger partial charge in [-0.25, -0.2) is 0 Å². The summed E-state index contributed by atoms with van der Waals surface area (Å²) < 4.78 is 6.88. The molecule has 2 amide bonds. The van der Waals surface area contributed by atoms with E-state index in [2.05, 4.69) is 5.32 Å². The summed E-state index contributed by atoms with van der Waals surface area (Å²) in [5.74, 6) is 0.259. The molecule has 2 aromatic heterocycles. The number of aromatic nitrogens is 2. The quantitative estimate of drug-likeness (QED) is 0.430. The Balaban J connectivity index is 1.51. The summed E-state index contributed by atoms with van der Waals surface area (Å²) in [6, 6.07) is 20.9. The van der Waals surface area contributed by atoms with E-state index >= 15 is 0 Å². The van der Waals surface area contributed by atoms with Gasteiger partial charge >= 0.3 is 0 Å². The lowest BCUT2D eigenvalue weighted by Gasteiger charge is -2.43. The zero-order chi connectivity index (χ0) is 24.6. The van der Waals surface area contributed by atoms with Crippen molar-refractivity contribution < 1.29 is 14.3 Å². The maximum atomic E-state index is 13.9. The van der Waals surface area contributed by atoms with Crippen molar-refractivity contribution in [2.24, 2.45) is 0 Å². The van der Waals surface area contributed by atoms with Crippen molar-refractivity contribution in [1.29, 1.82) is 0 Å². The lowest BCUT2D eigenvalue weighted by atomic mass is 9.93. The first-order valence-electron chi connectivity index (χ1n) is 11.3. The molecule has 4 aromatic rings. The van der Waals surface area contributed by atoms with Gasteiger partial charge in [0.25, 0.3) is 5.91 Å². The lowest BCUT2D eigenvalue weighted by Crippen LogP contribution is -2.64. The van der Waals surface area contributed by atoms with Crippen molar-refractivity contribution in [2.75, 3.05) is 12.0 Å². The summed E-state index contributed by atoms with van der Waals surface area (Å²) >= 11 is 1.57. The Morgan fingerprint density at radius 1 is 1.14 bits per heavy atom. The van der Waals surface area contributed by atoms with Crippen LogP contribution in [0.25, 0.3) is 10.6 Å². The molecule has 0 bridgehead atoms. The van der Waals surface area contributed by atoms with Crippen LogP contribution in [0.4, 0.5) is 5.69 Å². The second-order valence-electron chi connectivity index (χ2n) is 8.78. The number of hydrogen-bond acceptors (Lipinski definition) is 5. The number of nitrogens with zero attached hydrogens (tertiary/aromatic N) is 3. The third-order valence-corrected chi connectivity index (χ3v) is 7.28. The van der Waals surface area contributed by atoms with Crippen LogP contribution < -0.4 is 15.0 Å². The number of rotatable bonds is 6. The molecule has 2 aromatic carbocycles. The van der Waals surface area contributed by atoms with Gasteiger partial charge in [-0.15, -0.1) is 11.3 Å². The molecule has 0 unspecified atom stereocenters. The SMILES string of the molecule is COc1ccc(CNC(=O)[C@@]2(C)Cn3nc(-c4cccs4)cc3C(=O)N2c2ccccc2C)cc1. The maximum absolute atomic E-state index is 13.9. The monoisotopic (exact) mass is 486 g/mol. The number of hydrogen-bond donors (Lipinski definition) is 1. The van der Waals surface area contributed by atoms with Crippen LogP contribution in [0, 0.1) is 6.92 Å². The predicted octanol–water partition coefficient (Wildman–Crippen LogP) is 4.66. The summed E-state index contributed by atoms with van der Waals surface area (Å²) in [7, 11) is 1.62. The summed E-state index contributed by atoms with van der Waals surface area (Å²) in [6.45, 7) is 4.32. The molecule has 1 N–H and O–H groups in total. The number of anilines is 1. The second kappa shape index (κ2) is 9.03. The maximum Gasteiger partial charge on any atom is 0.277 e. The number of aryl methyl sites for hydroxylation is 1. The number of ether oxygens (including phenoxy) is 1. The molecule has 0 saturated carbocycles. The molecular weight excluding hydrogens is 460 g/mol. The fraction of sp³-hybridized carbons (Fsp3) is 0.222. The van der Waals surface area contributed by atoms with Gasteiger partial charge in [0.05, 0.1) is 18.5 Å². The van der Waals surface area contributed by atoms with Gasteiger partial charge in [0.15, 0.2) is 0 Å². The largest absolute Gasteiger partial charge is 0.497 e. The minimum Gasteiger partial charge on any atom is -0.497 e. The molecule has 0 radical (unpaired) electrons. The van der Waals surface area contributed by atoms with E-state index < -0.39 is 5.54 Å². The summed E-state index contributed by atoms with van der Waals surface area (Å²) in [5.41, 5.74) is 2.59. The van der Waals surface area contributed by atoms with Gasteiger partial charge in [-0.1, -0.05) is 36.4 Å². The summed E-state index contributed by atoms with van der Waals surface area (Å²) in [5, 5.41) is 9.71. The van der Waals surface area contributed by atoms with Crippen molar-refractivity contribution in [3.8, 4) is 16.3 Å². The third kappa shape index (κ3) is 4.10. The molecule has 35 heavy (non-hydrogen) atoms. The Morgan fingerprint density at radius 2 is 1.91 bits per heavy atom. The van der Waals surface area contributed by atoms with E-state index in [-0.39, 0.29) is 18.4 Å². The molecule has 8 heteroatoms. The predicted molar refractivity (Wildman–Crippen MR) is 137 cm³/mol. The number of amides is 2. The number of nitrogens with one attached hydrogen (secondary N) is 1. The highest BCUT2D eigenvalue weighted by Crippen LogP contribution is 2.36. The van der Waals surface area contributed by atoms with Gasteiger partial charge in [0.2, 0.25) is 5.91 Å². The van der Waals surface area contributed by atoms with E-state index in [1.165, 1.54) is 0 Å². The first kappa shape index (κ1) is 22.9. The summed E-state index contributed by atoms with van der Waals surface area (Å²) in [4.78, 5) is 30.2. The van der Waals surface area contributed by atoms with Crippen molar-refractivity contribution in [3.63, 3.8) is 0 Å². The Kier molecular flexibility index (Phi) is 5.90. The van der Waals surface area contributed by atoms with Crippen LogP contribution in [0.15, 0.2) is 72.1 Å². The van der Waals surface area contributed by atoms with Gasteiger partial charge in [-0.05, 0) is 60.7 Å². The van der Waals surface area contributed by atoms with Crippen molar-refractivity contribution >= 4 is 28.8 Å². The first-order chi connectivity index (χ1) is 16.9. The van der Waals surface area contributed by atoms with Gasteiger partial charge in [-0.3, -0.25) is 19.2 Å². The Labute approximate surface area is 208 Å². The molecule has 7 nitrogen and oxygen atoms in total. The standard InChI is InChI=1S/C27H26N4O3S/c1-18-7-4-5-8-22(18)31-25(32)23-15-21(24-9-6-14-35-24)29-30(23)17-27(31,2)26(33)28-16-19-10-12-20(34-3)13-11-19/h4-15H,16-17H2,1-3H3,(H,28,33)/t27-/m1/s1. The van der Waals surface area contributed by atoms with E-state index in [0.29, 0.717) is 17.9 Å². The smallest absolute Gasteiger partial charge is 0.277 e. The van der Waals surface area contributed by atoms with E-state index in [1.807, 2.05) is 79.0 Å². The van der Waals surface area contributed by atoms with Gasteiger partial charge in [0, 0.05) is 12.2 Å². The molecule has 1 aliphatic heterocycles. The van der Waals surface area contributed by atoms with E-state index in [4.69, 9.17) is 9.84 Å². The van der Waals surface area contributed by atoms with E-state index in [0.717, 1.165) is 27.4 Å². The van der Waals surface area contributed by atoms with Crippen LogP contribution in [0.3, 0.4) is 0 Å². The zero-order valence-corrected chi connectivity index (χ0v) is 20.6. The molecule has 3 heterocycles. The van der Waals surface area contributed by atoms with Gasteiger partial charge in [-0.2, -0.15) is 5.10 Å². The van der Waals surface area contributed by atoms with Crippen LogP contribution in [0.1, 0.15) is 28.5 Å². The number of carbonyl (C=O) groups is 2. The highest BCUT2D eigenvalue weighted by molar-refractivity contribution is 7.13. The Hall–Kier alpha value is -3.91. The van der Waals surface area contributed by atoms with Crippen LogP contribution in [0.5, 0.6) is 5.75 Å². The molecule has 0 saturated heterocycles. The molecular formula is C27H26N4O3S. The molecule has 0 fully saturated rings. The highest BCUT2D eigenvalue weighted by Gasteiger charge is 2.49. The molecule has 1 aliphatic rings. The minimum atomic E-state index is -1.18. The van der Waals surface area contributed by atoms with E-state index in [9.17, 15) is 9.59 Å². The van der Waals surface area contributed by atoms with Crippen molar-refractivity contribution in [2.45, 2.75) is 32.5 Å². The van der Waals surface area contributed by atoms with Crippen LogP contribution >= 0.6 is 11.3 Å². The molecule has 1 atom stereocenters. The van der Waals surface area contributed by atoms with E-state index in [1.54, 1.807) is 35.0 Å². The number of fused-ring (bicyclic) bond motifs is 1. The number of methoxy groups -OCH3 is 1. The lowest BCUT2D eigenvalue weighted by molar-refractivity contribution is -0.126. The van der Waals surface area contributed by atoms with Gasteiger partial charge in [0.1, 0.15) is 22.7 Å². The fourth-order valence-electron chi connectivity index (χ4n) is 4.43. The van der Waals surface area contributed by atoms with Crippen molar-refractivity contribution in [3.05, 3.63) is 88.9 Å². The van der Waals surface area contributed by atoms with Crippen LogP contribution in [-0.2, 0) is 17.9 Å². The Bertz CT molecular complexity index is 1380. The third-order valence-electron chi connectivity index (χ3n) is 6.38. The number of thiophene rings is 1. The molecule has 5 rings (SSSR count).